The molecule has 282 valence electrons. The van der Waals surface area contributed by atoms with Crippen LogP contribution in [0.3, 0.4) is 0 Å². The summed E-state index contributed by atoms with van der Waals surface area (Å²) in [5.41, 5.74) is 21.3. The molecule has 2 aliphatic heterocycles. The third-order valence-electron chi connectivity index (χ3n) is 16.2. The largest absolute Gasteiger partial charge is 0.328 e. The van der Waals surface area contributed by atoms with Crippen LogP contribution in [0.25, 0.3) is 27.8 Å². The molecule has 58 heavy (non-hydrogen) atoms. The lowest BCUT2D eigenvalue weighted by molar-refractivity contribution is 0.265. The molecule has 6 aromatic rings. The van der Waals surface area contributed by atoms with Crippen LogP contribution >= 0.6 is 11.8 Å². The Bertz CT molecular complexity index is 2870. The zero-order valence-corrected chi connectivity index (χ0v) is 34.6. The van der Waals surface area contributed by atoms with Crippen LogP contribution in [0, 0.1) is 5.92 Å². The van der Waals surface area contributed by atoms with Crippen LogP contribution in [0.2, 0.25) is 0 Å². The second kappa shape index (κ2) is 11.0. The summed E-state index contributed by atoms with van der Waals surface area (Å²) in [5, 5.41) is 0. The maximum absolute atomic E-state index is 2.76. The molecule has 0 bridgehead atoms. The summed E-state index contributed by atoms with van der Waals surface area (Å²) in [4.78, 5) is 4.16. The molecular weight excluding hydrogens is 719 g/mol. The van der Waals surface area contributed by atoms with Crippen LogP contribution in [0.4, 0.5) is 11.4 Å². The van der Waals surface area contributed by atoms with Gasteiger partial charge in [-0.2, -0.15) is 0 Å². The molecule has 0 aromatic heterocycles. The third kappa shape index (κ3) is 3.83. The van der Waals surface area contributed by atoms with Gasteiger partial charge in [0.25, 0.3) is 0 Å². The monoisotopic (exact) mass is 765 g/mol. The number of hydrogen-bond donors (Lipinski definition) is 0. The van der Waals surface area contributed by atoms with E-state index in [-0.39, 0.29) is 26.5 Å². The Morgan fingerprint density at radius 2 is 1.07 bits per heavy atom. The minimum Gasteiger partial charge on any atom is -0.328 e. The van der Waals surface area contributed by atoms with Crippen molar-refractivity contribution < 1.29 is 0 Å². The van der Waals surface area contributed by atoms with Gasteiger partial charge >= 0.3 is 0 Å². The standard InChI is InChI=1S/C56H47NS/c1-35-27-28-52(2)45-22-12-13-23-48(45)57(53(3)34-47-41-18-8-14-24-49(41)58-54(47,4)50(35)51(52)53)36-25-26-40-39-17-7-11-21-44(39)56(46(40)33-36)31-29-55(30-32-56)42-19-9-5-15-37(42)38-16-6-10-20-43(38)55/h5-28,33-35H,29-32H2,1-4H3. The van der Waals surface area contributed by atoms with E-state index in [0.717, 1.165) is 25.7 Å². The number of anilines is 2. The van der Waals surface area contributed by atoms with Gasteiger partial charge in [0.1, 0.15) is 0 Å². The Morgan fingerprint density at radius 1 is 0.552 bits per heavy atom. The van der Waals surface area contributed by atoms with Crippen LogP contribution in [0.15, 0.2) is 174 Å². The van der Waals surface area contributed by atoms with Crippen molar-refractivity contribution in [3.63, 3.8) is 0 Å². The van der Waals surface area contributed by atoms with Crippen molar-refractivity contribution in [3.8, 4) is 22.3 Å². The average Bonchev–Trinajstić information content (AvgIpc) is 3.81. The van der Waals surface area contributed by atoms with E-state index in [4.69, 9.17) is 0 Å². The van der Waals surface area contributed by atoms with Gasteiger partial charge in [-0.05, 0) is 155 Å². The second-order valence-electron chi connectivity index (χ2n) is 18.9. The van der Waals surface area contributed by atoms with E-state index in [0.29, 0.717) is 5.92 Å². The maximum Gasteiger partial charge on any atom is 0.0839 e. The minimum atomic E-state index is -0.384. The summed E-state index contributed by atoms with van der Waals surface area (Å²) in [5.74, 6) is 0.336. The van der Waals surface area contributed by atoms with E-state index in [1.807, 2.05) is 0 Å². The van der Waals surface area contributed by atoms with Crippen molar-refractivity contribution in [2.24, 2.45) is 5.92 Å². The SMILES string of the molecule is CC1C=CC2(C)C3=C1C1(C)Sc4ccccc4C1=CC3(C)N(c1ccc3c(c1)C1(CCC4(CC1)c1ccccc1-c1ccccc14)c1ccccc1-3)c1ccccc12. The highest BCUT2D eigenvalue weighted by Crippen LogP contribution is 2.69. The number of benzene rings is 6. The van der Waals surface area contributed by atoms with Gasteiger partial charge in [-0.3, -0.25) is 0 Å². The van der Waals surface area contributed by atoms with Gasteiger partial charge in [0, 0.05) is 32.5 Å². The Morgan fingerprint density at radius 3 is 1.71 bits per heavy atom. The molecule has 1 fully saturated rings. The lowest BCUT2D eigenvalue weighted by Crippen LogP contribution is -2.58. The molecule has 1 saturated carbocycles. The number of para-hydroxylation sites is 1. The number of rotatable bonds is 1. The molecule has 0 amide bonds. The summed E-state index contributed by atoms with van der Waals surface area (Å²) in [7, 11) is 0. The summed E-state index contributed by atoms with van der Waals surface area (Å²) in [6, 6.07) is 54.0. The van der Waals surface area contributed by atoms with Crippen molar-refractivity contribution >= 4 is 28.7 Å². The van der Waals surface area contributed by atoms with Crippen LogP contribution in [-0.2, 0) is 16.2 Å². The van der Waals surface area contributed by atoms with E-state index in [2.05, 4.69) is 202 Å². The molecule has 2 heteroatoms. The minimum absolute atomic E-state index is 0.0401. The van der Waals surface area contributed by atoms with Gasteiger partial charge in [-0.15, -0.1) is 11.8 Å². The first-order chi connectivity index (χ1) is 28.2. The Kier molecular flexibility index (Phi) is 6.40. The van der Waals surface area contributed by atoms with Crippen LogP contribution in [0.5, 0.6) is 0 Å². The predicted molar refractivity (Wildman–Crippen MR) is 242 cm³/mol. The van der Waals surface area contributed by atoms with Gasteiger partial charge in [0.15, 0.2) is 0 Å². The molecule has 0 N–H and O–H groups in total. The van der Waals surface area contributed by atoms with Gasteiger partial charge < -0.3 is 4.90 Å². The van der Waals surface area contributed by atoms with Gasteiger partial charge in [-0.1, -0.05) is 134 Å². The number of hydrogen-bond acceptors (Lipinski definition) is 2. The molecule has 7 aliphatic rings. The fourth-order valence-corrected chi connectivity index (χ4v) is 15.5. The van der Waals surface area contributed by atoms with E-state index in [9.17, 15) is 0 Å². The maximum atomic E-state index is 2.76. The number of thioether (sulfide) groups is 1. The first-order valence-electron chi connectivity index (χ1n) is 21.5. The topological polar surface area (TPSA) is 3.24 Å². The molecule has 0 saturated heterocycles. The Labute approximate surface area is 347 Å². The molecule has 13 rings (SSSR count). The lowest BCUT2D eigenvalue weighted by Gasteiger charge is -2.60. The molecular formula is C56H47NS. The molecule has 4 unspecified atom stereocenters. The van der Waals surface area contributed by atoms with Crippen LogP contribution in [0.1, 0.15) is 86.8 Å². The number of nitrogens with zero attached hydrogens (tertiary/aromatic N) is 1. The van der Waals surface area contributed by atoms with E-state index >= 15 is 0 Å². The zero-order valence-electron chi connectivity index (χ0n) is 33.8. The van der Waals surface area contributed by atoms with Gasteiger partial charge in [-0.25, -0.2) is 0 Å². The van der Waals surface area contributed by atoms with Crippen molar-refractivity contribution in [1.29, 1.82) is 0 Å². The second-order valence-corrected chi connectivity index (χ2v) is 20.3. The van der Waals surface area contributed by atoms with Crippen molar-refractivity contribution in [3.05, 3.63) is 202 Å². The fraction of sp³-hybridized carbons (Fsp3) is 0.250. The average molecular weight is 766 g/mol. The van der Waals surface area contributed by atoms with Crippen LogP contribution in [-0.4, -0.2) is 10.3 Å². The summed E-state index contributed by atoms with van der Waals surface area (Å²) < 4.78 is -0.124. The molecule has 4 atom stereocenters. The highest BCUT2D eigenvalue weighted by Gasteiger charge is 2.60. The Balaban J connectivity index is 1.02. The molecule has 0 radical (unpaired) electrons. The zero-order chi connectivity index (χ0) is 38.8. The first kappa shape index (κ1) is 33.6. The van der Waals surface area contributed by atoms with E-state index < -0.39 is 0 Å². The highest BCUT2D eigenvalue weighted by molar-refractivity contribution is 8.01. The first-order valence-corrected chi connectivity index (χ1v) is 22.3. The number of allylic oxidation sites excluding steroid dienone is 2. The van der Waals surface area contributed by atoms with Crippen LogP contribution < -0.4 is 4.90 Å². The molecule has 2 spiro atoms. The summed E-state index contributed by atoms with van der Waals surface area (Å²) in [6.45, 7) is 9.99. The molecule has 5 aliphatic carbocycles. The van der Waals surface area contributed by atoms with Crippen molar-refractivity contribution in [2.45, 2.75) is 84.8 Å². The lowest BCUT2D eigenvalue weighted by atomic mass is 9.54. The quantitative estimate of drug-likeness (QED) is 0.153. The van der Waals surface area contributed by atoms with Crippen molar-refractivity contribution in [1.82, 2.24) is 0 Å². The predicted octanol–water partition coefficient (Wildman–Crippen LogP) is 14.1. The fourth-order valence-electron chi connectivity index (χ4n) is 13.9. The summed E-state index contributed by atoms with van der Waals surface area (Å²) >= 11 is 2.07. The Hall–Kier alpha value is -5.31. The van der Waals surface area contributed by atoms with Gasteiger partial charge in [0.05, 0.1) is 10.3 Å². The van der Waals surface area contributed by atoms with Gasteiger partial charge in [0.2, 0.25) is 0 Å². The molecule has 6 aromatic carbocycles. The smallest absolute Gasteiger partial charge is 0.0839 e. The third-order valence-corrected chi connectivity index (χ3v) is 17.6. The van der Waals surface area contributed by atoms with E-state index in [1.165, 1.54) is 77.5 Å². The highest BCUT2D eigenvalue weighted by atomic mass is 32.2. The van der Waals surface area contributed by atoms with Crippen molar-refractivity contribution in [2.75, 3.05) is 4.90 Å². The van der Waals surface area contributed by atoms with E-state index in [1.54, 1.807) is 11.1 Å². The summed E-state index contributed by atoms with van der Waals surface area (Å²) in [6.07, 6.45) is 12.3. The molecule has 1 nitrogen and oxygen atoms in total. The number of fused-ring (bicyclic) bond motifs is 16. The molecule has 2 heterocycles. The normalized spacial score (nSPS) is 27.9.